The Balaban J connectivity index is 1.54. The van der Waals surface area contributed by atoms with Crippen molar-refractivity contribution >= 4 is 29.5 Å². The predicted octanol–water partition coefficient (Wildman–Crippen LogP) is 3.58. The number of rotatable bonds is 5. The quantitative estimate of drug-likeness (QED) is 0.598. The van der Waals surface area contributed by atoms with Gasteiger partial charge >= 0.3 is 6.09 Å². The van der Waals surface area contributed by atoms with Crippen molar-refractivity contribution in [2.45, 2.75) is 69.3 Å². The Morgan fingerprint density at radius 1 is 1.12 bits per heavy atom. The van der Waals surface area contributed by atoms with E-state index in [0.29, 0.717) is 25.2 Å². The fraction of sp³-hybridized carbons (Fsp3) is 0.722. The molecule has 7 nitrogen and oxygen atoms in total. The molecule has 1 saturated heterocycles. The van der Waals surface area contributed by atoms with Gasteiger partial charge in [-0.2, -0.15) is 0 Å². The molecule has 1 aromatic rings. The van der Waals surface area contributed by atoms with Gasteiger partial charge in [0, 0.05) is 31.2 Å². The Bertz CT molecular complexity index is 637. The van der Waals surface area contributed by atoms with Gasteiger partial charge in [0.2, 0.25) is 0 Å². The number of carbonyl (C=O) groups excluding carboxylic acids is 1. The van der Waals surface area contributed by atoms with Crippen LogP contribution in [-0.4, -0.2) is 58.0 Å². The third kappa shape index (κ3) is 5.65. The number of amides is 1. The molecule has 2 heterocycles. The zero-order valence-corrected chi connectivity index (χ0v) is 16.9. The highest BCUT2D eigenvalue weighted by atomic mass is 32.2. The van der Waals surface area contributed by atoms with Crippen LogP contribution in [0.25, 0.3) is 0 Å². The second kappa shape index (κ2) is 7.90. The minimum Gasteiger partial charge on any atom is -0.444 e. The van der Waals surface area contributed by atoms with E-state index in [1.54, 1.807) is 16.7 Å². The van der Waals surface area contributed by atoms with Gasteiger partial charge < -0.3 is 20.3 Å². The maximum atomic E-state index is 12.2. The summed E-state index contributed by atoms with van der Waals surface area (Å²) in [5, 5.41) is 7.72. The number of nitrogens with zero attached hydrogens (tertiary/aromatic N) is 3. The summed E-state index contributed by atoms with van der Waals surface area (Å²) in [6, 6.07) is 2.84. The van der Waals surface area contributed by atoms with Crippen LogP contribution in [0.3, 0.4) is 0 Å². The van der Waals surface area contributed by atoms with Gasteiger partial charge in [0.15, 0.2) is 5.16 Å². The number of nitrogens with one attached hydrogen (secondary N) is 2. The molecule has 0 unspecified atom stereocenters. The highest BCUT2D eigenvalue weighted by Crippen LogP contribution is 2.26. The van der Waals surface area contributed by atoms with Crippen LogP contribution in [0.4, 0.5) is 16.4 Å². The fourth-order valence-corrected chi connectivity index (χ4v) is 3.22. The summed E-state index contributed by atoms with van der Waals surface area (Å²) in [5.74, 6) is 1.74. The van der Waals surface area contributed by atoms with Crippen LogP contribution >= 0.6 is 11.8 Å². The largest absolute Gasteiger partial charge is 0.444 e. The first kappa shape index (κ1) is 19.1. The number of likely N-dealkylation sites (tertiary alicyclic amines) is 1. The van der Waals surface area contributed by atoms with E-state index in [9.17, 15) is 4.79 Å². The highest BCUT2D eigenvalue weighted by Gasteiger charge is 2.27. The number of hydrogen-bond donors (Lipinski definition) is 2. The number of thioether (sulfide) groups is 1. The van der Waals surface area contributed by atoms with Gasteiger partial charge in [-0.25, -0.2) is 14.8 Å². The Morgan fingerprint density at radius 2 is 1.65 bits per heavy atom. The molecule has 2 fully saturated rings. The van der Waals surface area contributed by atoms with Crippen LogP contribution in [0.15, 0.2) is 11.2 Å². The van der Waals surface area contributed by atoms with E-state index in [1.807, 2.05) is 33.1 Å². The molecule has 26 heavy (non-hydrogen) atoms. The maximum Gasteiger partial charge on any atom is 0.410 e. The Hall–Kier alpha value is -1.70. The van der Waals surface area contributed by atoms with Gasteiger partial charge in [0.25, 0.3) is 0 Å². The molecule has 0 bridgehead atoms. The lowest BCUT2D eigenvalue weighted by molar-refractivity contribution is 0.0210. The smallest absolute Gasteiger partial charge is 0.410 e. The Kier molecular flexibility index (Phi) is 5.79. The van der Waals surface area contributed by atoms with Crippen molar-refractivity contribution < 1.29 is 9.53 Å². The summed E-state index contributed by atoms with van der Waals surface area (Å²) < 4.78 is 5.45. The van der Waals surface area contributed by atoms with Gasteiger partial charge in [0.05, 0.1) is 0 Å². The van der Waals surface area contributed by atoms with E-state index >= 15 is 0 Å². The first-order valence-electron chi connectivity index (χ1n) is 9.26. The van der Waals surface area contributed by atoms with E-state index in [2.05, 4.69) is 20.6 Å². The zero-order chi connectivity index (χ0) is 18.7. The number of carbonyl (C=O) groups is 1. The summed E-state index contributed by atoms with van der Waals surface area (Å²) in [7, 11) is 0. The summed E-state index contributed by atoms with van der Waals surface area (Å²) >= 11 is 1.54. The number of hydrogen-bond acceptors (Lipinski definition) is 7. The van der Waals surface area contributed by atoms with Crippen LogP contribution in [0.5, 0.6) is 0 Å². The van der Waals surface area contributed by atoms with E-state index in [4.69, 9.17) is 4.74 Å². The summed E-state index contributed by atoms with van der Waals surface area (Å²) in [4.78, 5) is 23.1. The van der Waals surface area contributed by atoms with Crippen molar-refractivity contribution in [1.82, 2.24) is 14.9 Å². The van der Waals surface area contributed by atoms with E-state index in [1.165, 1.54) is 12.8 Å². The molecule has 1 saturated carbocycles. The number of aromatic nitrogens is 2. The average Bonchev–Trinajstić information content (AvgIpc) is 3.37. The monoisotopic (exact) mass is 379 g/mol. The third-order valence-electron chi connectivity index (χ3n) is 4.32. The molecule has 0 aromatic carbocycles. The standard InChI is InChI=1S/C18H29N5O2S/c1-18(2,3)25-17(24)23-9-7-13(8-10-23)20-15-11-14(19-12-5-6-12)21-16(22-15)26-4/h11-13H,5-10H2,1-4H3,(H2,19,20,21,22). The predicted molar refractivity (Wildman–Crippen MR) is 105 cm³/mol. The zero-order valence-electron chi connectivity index (χ0n) is 16.0. The van der Waals surface area contributed by atoms with Crippen molar-refractivity contribution in [1.29, 1.82) is 0 Å². The highest BCUT2D eigenvalue weighted by molar-refractivity contribution is 7.98. The Labute approximate surface area is 159 Å². The van der Waals surface area contributed by atoms with Gasteiger partial charge in [-0.1, -0.05) is 11.8 Å². The van der Waals surface area contributed by atoms with Gasteiger partial charge in [-0.3, -0.25) is 0 Å². The first-order chi connectivity index (χ1) is 12.3. The van der Waals surface area contributed by atoms with E-state index in [-0.39, 0.29) is 6.09 Å². The Morgan fingerprint density at radius 3 is 2.12 bits per heavy atom. The number of ether oxygens (including phenoxy) is 1. The fourth-order valence-electron chi connectivity index (χ4n) is 2.84. The molecule has 0 spiro atoms. The molecule has 8 heteroatoms. The van der Waals surface area contributed by atoms with Crippen LogP contribution in [-0.2, 0) is 4.74 Å². The second-order valence-electron chi connectivity index (χ2n) is 7.93. The lowest BCUT2D eigenvalue weighted by Crippen LogP contribution is -2.44. The van der Waals surface area contributed by atoms with Gasteiger partial charge in [0.1, 0.15) is 17.2 Å². The molecule has 1 aromatic heterocycles. The van der Waals surface area contributed by atoms with Crippen LogP contribution in [0.1, 0.15) is 46.5 Å². The lowest BCUT2D eigenvalue weighted by Gasteiger charge is -2.34. The first-order valence-corrected chi connectivity index (χ1v) is 10.5. The summed E-state index contributed by atoms with van der Waals surface area (Å²) in [5.41, 5.74) is -0.452. The average molecular weight is 380 g/mol. The van der Waals surface area contributed by atoms with Crippen LogP contribution in [0.2, 0.25) is 0 Å². The molecule has 1 aliphatic carbocycles. The summed E-state index contributed by atoms with van der Waals surface area (Å²) in [6.07, 6.45) is 5.94. The van der Waals surface area contributed by atoms with E-state index < -0.39 is 5.60 Å². The molecule has 2 N–H and O–H groups in total. The minimum absolute atomic E-state index is 0.224. The lowest BCUT2D eigenvalue weighted by atomic mass is 10.1. The number of piperidine rings is 1. The van der Waals surface area contributed by atoms with Gasteiger partial charge in [-0.15, -0.1) is 0 Å². The molecule has 0 radical (unpaired) electrons. The molecule has 0 atom stereocenters. The van der Waals surface area contributed by atoms with E-state index in [0.717, 1.165) is 29.6 Å². The normalized spacial score (nSPS) is 18.5. The SMILES string of the molecule is CSc1nc(NC2CC2)cc(NC2CCN(C(=O)OC(C)(C)C)CC2)n1. The van der Waals surface area contributed by atoms with Crippen LogP contribution in [0, 0.1) is 0 Å². The van der Waals surface area contributed by atoms with Crippen molar-refractivity contribution in [3.63, 3.8) is 0 Å². The van der Waals surface area contributed by atoms with Gasteiger partial charge in [-0.05, 0) is 52.7 Å². The topological polar surface area (TPSA) is 79.4 Å². The molecule has 2 aliphatic rings. The molecule has 144 valence electrons. The maximum absolute atomic E-state index is 12.2. The molecule has 1 amide bonds. The molecule has 3 rings (SSSR count). The molecule has 1 aliphatic heterocycles. The second-order valence-corrected chi connectivity index (χ2v) is 8.70. The summed E-state index contributed by atoms with van der Waals surface area (Å²) in [6.45, 7) is 7.07. The van der Waals surface area contributed by atoms with Crippen molar-refractivity contribution in [2.75, 3.05) is 30.0 Å². The molecular formula is C18H29N5O2S. The van der Waals surface area contributed by atoms with Crippen molar-refractivity contribution in [2.24, 2.45) is 0 Å². The molecular weight excluding hydrogens is 350 g/mol. The van der Waals surface area contributed by atoms with Crippen LogP contribution < -0.4 is 10.6 Å². The minimum atomic E-state index is -0.452. The third-order valence-corrected chi connectivity index (χ3v) is 4.86. The van der Waals surface area contributed by atoms with Crippen molar-refractivity contribution in [3.8, 4) is 0 Å². The van der Waals surface area contributed by atoms with Crippen molar-refractivity contribution in [3.05, 3.63) is 6.07 Å². The number of anilines is 2.